The van der Waals surface area contributed by atoms with Crippen LogP contribution in [0.1, 0.15) is 11.1 Å². The van der Waals surface area contributed by atoms with Crippen LogP contribution in [0.15, 0.2) is 89.8 Å². The summed E-state index contributed by atoms with van der Waals surface area (Å²) >= 11 is 1.56. The predicted octanol–water partition coefficient (Wildman–Crippen LogP) is 5.77. The minimum absolute atomic E-state index is 0.180. The summed E-state index contributed by atoms with van der Waals surface area (Å²) < 4.78 is 13.6. The van der Waals surface area contributed by atoms with Crippen LogP contribution in [-0.4, -0.2) is 5.91 Å². The Kier molecular flexibility index (Phi) is 6.23. The van der Waals surface area contributed by atoms with E-state index in [-0.39, 0.29) is 11.7 Å². The van der Waals surface area contributed by atoms with E-state index in [4.69, 9.17) is 0 Å². The van der Waals surface area contributed by atoms with Gasteiger partial charge < -0.3 is 5.32 Å². The van der Waals surface area contributed by atoms with Gasteiger partial charge in [-0.3, -0.25) is 4.79 Å². The van der Waals surface area contributed by atoms with Gasteiger partial charge >= 0.3 is 0 Å². The zero-order valence-electron chi connectivity index (χ0n) is 14.1. The Morgan fingerprint density at radius 3 is 2.35 bits per heavy atom. The molecule has 0 aliphatic heterocycles. The highest BCUT2D eigenvalue weighted by Gasteiger charge is 2.03. The average molecular weight is 363 g/mol. The van der Waals surface area contributed by atoms with Gasteiger partial charge in [-0.1, -0.05) is 48.5 Å². The lowest BCUT2D eigenvalue weighted by molar-refractivity contribution is -0.111. The van der Waals surface area contributed by atoms with Gasteiger partial charge in [0.1, 0.15) is 5.82 Å². The van der Waals surface area contributed by atoms with Crippen molar-refractivity contribution in [3.05, 3.63) is 102 Å². The lowest BCUT2D eigenvalue weighted by Gasteiger charge is -2.06. The van der Waals surface area contributed by atoms with Gasteiger partial charge in [0.25, 0.3) is 0 Å². The van der Waals surface area contributed by atoms with Crippen molar-refractivity contribution in [2.75, 3.05) is 5.32 Å². The van der Waals surface area contributed by atoms with E-state index in [1.54, 1.807) is 30.0 Å². The first kappa shape index (κ1) is 18.0. The summed E-state index contributed by atoms with van der Waals surface area (Å²) in [5.41, 5.74) is 2.38. The molecule has 0 heterocycles. The summed E-state index contributed by atoms with van der Waals surface area (Å²) in [6.07, 6.45) is 3.28. The molecule has 0 atom stereocenters. The number of halogens is 1. The van der Waals surface area contributed by atoms with Crippen molar-refractivity contribution in [1.82, 2.24) is 0 Å². The molecular formula is C22H18FNOS. The van der Waals surface area contributed by atoms with Gasteiger partial charge in [0.15, 0.2) is 0 Å². The minimum atomic E-state index is -0.186. The molecule has 1 N–H and O–H groups in total. The molecule has 4 heteroatoms. The molecule has 2 nitrogen and oxygen atoms in total. The normalized spacial score (nSPS) is 10.8. The molecule has 0 aromatic heterocycles. The number of amides is 1. The zero-order chi connectivity index (χ0) is 18.2. The minimum Gasteiger partial charge on any atom is -0.323 e. The Morgan fingerprint density at radius 1 is 0.923 bits per heavy atom. The number of anilines is 1. The molecule has 130 valence electrons. The zero-order valence-corrected chi connectivity index (χ0v) is 14.9. The fourth-order valence-corrected chi connectivity index (χ4v) is 3.22. The molecule has 0 spiro atoms. The molecule has 1 amide bonds. The van der Waals surface area contributed by atoms with E-state index in [2.05, 4.69) is 5.32 Å². The quantitative estimate of drug-likeness (QED) is 0.445. The Morgan fingerprint density at radius 2 is 1.62 bits per heavy atom. The molecule has 0 aliphatic carbocycles. The van der Waals surface area contributed by atoms with Gasteiger partial charge in [-0.05, 0) is 47.5 Å². The second-order valence-corrected chi connectivity index (χ2v) is 6.69. The van der Waals surface area contributed by atoms with Gasteiger partial charge in [0.2, 0.25) is 5.91 Å². The van der Waals surface area contributed by atoms with Gasteiger partial charge in [-0.15, -0.1) is 11.8 Å². The Labute approximate surface area is 156 Å². The number of hydrogen-bond acceptors (Lipinski definition) is 2. The van der Waals surface area contributed by atoms with Crippen LogP contribution in [0.2, 0.25) is 0 Å². The highest BCUT2D eigenvalue weighted by Crippen LogP contribution is 2.25. The van der Waals surface area contributed by atoms with Crippen molar-refractivity contribution in [1.29, 1.82) is 0 Å². The number of benzene rings is 3. The highest BCUT2D eigenvalue weighted by atomic mass is 32.2. The second-order valence-electron chi connectivity index (χ2n) is 5.64. The summed E-state index contributed by atoms with van der Waals surface area (Å²) in [6, 6.07) is 24.0. The summed E-state index contributed by atoms with van der Waals surface area (Å²) in [5.74, 6) is 0.202. The Bertz CT molecular complexity index is 892. The smallest absolute Gasteiger partial charge is 0.248 e. The fourth-order valence-electron chi connectivity index (χ4n) is 2.33. The van der Waals surface area contributed by atoms with Crippen LogP contribution in [0.25, 0.3) is 6.08 Å². The Hall–Kier alpha value is -2.85. The lowest BCUT2D eigenvalue weighted by Crippen LogP contribution is -2.07. The first-order valence-electron chi connectivity index (χ1n) is 8.21. The molecule has 0 unspecified atom stereocenters. The number of thioether (sulfide) groups is 1. The van der Waals surface area contributed by atoms with Gasteiger partial charge in [0, 0.05) is 22.4 Å². The van der Waals surface area contributed by atoms with Crippen LogP contribution >= 0.6 is 11.8 Å². The third-order valence-corrected chi connectivity index (χ3v) is 4.76. The van der Waals surface area contributed by atoms with Crippen LogP contribution in [0.5, 0.6) is 0 Å². The van der Waals surface area contributed by atoms with E-state index in [0.717, 1.165) is 16.1 Å². The summed E-state index contributed by atoms with van der Waals surface area (Å²) in [5, 5.41) is 2.83. The van der Waals surface area contributed by atoms with Crippen LogP contribution in [0.3, 0.4) is 0 Å². The number of carbonyl (C=O) groups excluding carboxylic acids is 1. The van der Waals surface area contributed by atoms with Gasteiger partial charge in [0.05, 0.1) is 0 Å². The van der Waals surface area contributed by atoms with Crippen molar-refractivity contribution in [2.45, 2.75) is 10.6 Å². The SMILES string of the molecule is O=C(/C=C/c1ccccc1)Nc1ccc(SCc2ccccc2F)cc1. The molecule has 3 aromatic carbocycles. The molecule has 0 fully saturated rings. The first-order chi connectivity index (χ1) is 12.7. The summed E-state index contributed by atoms with van der Waals surface area (Å²) in [4.78, 5) is 13.0. The largest absolute Gasteiger partial charge is 0.323 e. The van der Waals surface area contributed by atoms with E-state index in [0.29, 0.717) is 11.3 Å². The molecule has 0 aliphatic rings. The lowest BCUT2D eigenvalue weighted by atomic mass is 10.2. The molecule has 0 radical (unpaired) electrons. The van der Waals surface area contributed by atoms with E-state index < -0.39 is 0 Å². The van der Waals surface area contributed by atoms with E-state index in [1.807, 2.05) is 60.7 Å². The van der Waals surface area contributed by atoms with Crippen molar-refractivity contribution >= 4 is 29.4 Å². The van der Waals surface area contributed by atoms with Crippen LogP contribution in [0.4, 0.5) is 10.1 Å². The molecular weight excluding hydrogens is 345 g/mol. The molecule has 3 rings (SSSR count). The van der Waals surface area contributed by atoms with Crippen LogP contribution < -0.4 is 5.32 Å². The predicted molar refractivity (Wildman–Crippen MR) is 107 cm³/mol. The van der Waals surface area contributed by atoms with Gasteiger partial charge in [-0.2, -0.15) is 0 Å². The van der Waals surface area contributed by atoms with Crippen LogP contribution in [0, 0.1) is 5.82 Å². The average Bonchev–Trinajstić information content (AvgIpc) is 2.68. The molecule has 3 aromatic rings. The third-order valence-electron chi connectivity index (χ3n) is 3.70. The molecule has 0 bridgehead atoms. The van der Waals surface area contributed by atoms with Crippen molar-refractivity contribution < 1.29 is 9.18 Å². The van der Waals surface area contributed by atoms with Crippen molar-refractivity contribution in [2.24, 2.45) is 0 Å². The highest BCUT2D eigenvalue weighted by molar-refractivity contribution is 7.98. The number of carbonyl (C=O) groups is 1. The number of hydrogen-bond donors (Lipinski definition) is 1. The van der Waals surface area contributed by atoms with E-state index >= 15 is 0 Å². The number of rotatable bonds is 6. The van der Waals surface area contributed by atoms with Crippen molar-refractivity contribution in [3.8, 4) is 0 Å². The summed E-state index contributed by atoms with van der Waals surface area (Å²) in [7, 11) is 0. The van der Waals surface area contributed by atoms with Crippen molar-refractivity contribution in [3.63, 3.8) is 0 Å². The van der Waals surface area contributed by atoms with Gasteiger partial charge in [-0.25, -0.2) is 4.39 Å². The third kappa shape index (κ3) is 5.33. The fraction of sp³-hybridized carbons (Fsp3) is 0.0455. The van der Waals surface area contributed by atoms with Crippen LogP contribution in [-0.2, 0) is 10.5 Å². The topological polar surface area (TPSA) is 29.1 Å². The summed E-state index contributed by atoms with van der Waals surface area (Å²) in [6.45, 7) is 0. The molecule has 26 heavy (non-hydrogen) atoms. The standard InChI is InChI=1S/C22H18FNOS/c23-21-9-5-4-8-18(21)16-26-20-13-11-19(12-14-20)24-22(25)15-10-17-6-2-1-3-7-17/h1-15H,16H2,(H,24,25)/b15-10+. The molecule has 0 saturated carbocycles. The van der Waals surface area contributed by atoms with E-state index in [9.17, 15) is 9.18 Å². The maximum atomic E-state index is 13.6. The first-order valence-corrected chi connectivity index (χ1v) is 9.20. The van der Waals surface area contributed by atoms with E-state index in [1.165, 1.54) is 12.1 Å². The Balaban J connectivity index is 1.53. The number of nitrogens with one attached hydrogen (secondary N) is 1. The molecule has 0 saturated heterocycles. The maximum absolute atomic E-state index is 13.6. The second kappa shape index (κ2) is 9.02. The maximum Gasteiger partial charge on any atom is 0.248 e. The monoisotopic (exact) mass is 363 g/mol.